The molecule has 0 radical (unpaired) electrons. The first kappa shape index (κ1) is 13.7. The van der Waals surface area contributed by atoms with Gasteiger partial charge >= 0.3 is 0 Å². The van der Waals surface area contributed by atoms with Crippen LogP contribution >= 0.6 is 0 Å². The zero-order chi connectivity index (χ0) is 11.0. The molecule has 2 nitrogen and oxygen atoms in total. The van der Waals surface area contributed by atoms with Crippen molar-refractivity contribution in [2.24, 2.45) is 11.7 Å². The minimum Gasteiger partial charge on any atom is -0.377 e. The summed E-state index contributed by atoms with van der Waals surface area (Å²) < 4.78 is 5.65. The van der Waals surface area contributed by atoms with Crippen molar-refractivity contribution in [3.63, 3.8) is 0 Å². The van der Waals surface area contributed by atoms with Crippen molar-refractivity contribution in [2.45, 2.75) is 52.2 Å². The van der Waals surface area contributed by atoms with Gasteiger partial charge in [0.25, 0.3) is 0 Å². The van der Waals surface area contributed by atoms with E-state index in [-0.39, 0.29) is 6.04 Å². The maximum Gasteiger partial charge on any atom is 0.0623 e. The second-order valence-corrected chi connectivity index (χ2v) is 4.27. The number of ether oxygens (including phenoxy) is 1. The molecule has 0 fully saturated rings. The minimum atomic E-state index is 0.164. The Morgan fingerprint density at radius 2 is 2.00 bits per heavy atom. The molecule has 14 heavy (non-hydrogen) atoms. The van der Waals surface area contributed by atoms with Crippen LogP contribution < -0.4 is 5.73 Å². The zero-order valence-corrected chi connectivity index (χ0v) is 9.83. The maximum absolute atomic E-state index is 5.88. The fraction of sp³-hybridized carbons (Fsp3) is 0.833. The monoisotopic (exact) mass is 199 g/mol. The molecule has 0 aliphatic carbocycles. The van der Waals surface area contributed by atoms with E-state index >= 15 is 0 Å². The molecule has 2 N–H and O–H groups in total. The van der Waals surface area contributed by atoms with E-state index in [1.807, 2.05) is 6.08 Å². The first-order chi connectivity index (χ1) is 6.57. The Bertz CT molecular complexity index is 145. The lowest BCUT2D eigenvalue weighted by atomic mass is 10.1. The van der Waals surface area contributed by atoms with E-state index in [0.717, 1.165) is 19.3 Å². The van der Waals surface area contributed by atoms with Gasteiger partial charge in [0, 0.05) is 6.04 Å². The lowest BCUT2D eigenvalue weighted by Gasteiger charge is -2.19. The highest BCUT2D eigenvalue weighted by molar-refractivity contribution is 4.68. The standard InChI is InChI=1S/C12H25NO/c1-5-6-7-8-11(4)14-9-12(13)10(2)3/h5,10-12H,1,6-9,13H2,2-4H3/t11?,12-/m0/s1. The molecule has 2 heteroatoms. The molecule has 0 aromatic carbocycles. The number of nitrogens with two attached hydrogens (primary N) is 1. The molecule has 0 heterocycles. The molecule has 0 rings (SSSR count). The first-order valence-corrected chi connectivity index (χ1v) is 5.56. The molecule has 0 amide bonds. The van der Waals surface area contributed by atoms with Crippen LogP contribution in [0.25, 0.3) is 0 Å². The van der Waals surface area contributed by atoms with E-state index in [2.05, 4.69) is 27.4 Å². The quantitative estimate of drug-likeness (QED) is 0.482. The minimum absolute atomic E-state index is 0.164. The Labute approximate surface area is 88.5 Å². The third-order valence-corrected chi connectivity index (χ3v) is 2.45. The Morgan fingerprint density at radius 1 is 1.36 bits per heavy atom. The molecule has 0 bridgehead atoms. The molecular formula is C12H25NO. The van der Waals surface area contributed by atoms with Crippen molar-refractivity contribution < 1.29 is 4.74 Å². The summed E-state index contributed by atoms with van der Waals surface area (Å²) in [7, 11) is 0. The van der Waals surface area contributed by atoms with Gasteiger partial charge in [-0.1, -0.05) is 19.9 Å². The largest absolute Gasteiger partial charge is 0.377 e. The molecular weight excluding hydrogens is 174 g/mol. The molecule has 0 aromatic heterocycles. The summed E-state index contributed by atoms with van der Waals surface area (Å²) in [5.74, 6) is 0.496. The Hall–Kier alpha value is -0.340. The van der Waals surface area contributed by atoms with Crippen LogP contribution in [0.2, 0.25) is 0 Å². The number of allylic oxidation sites excluding steroid dienone is 1. The van der Waals surface area contributed by atoms with Gasteiger partial charge in [-0.05, 0) is 32.1 Å². The summed E-state index contributed by atoms with van der Waals surface area (Å²) >= 11 is 0. The Morgan fingerprint density at radius 3 is 2.50 bits per heavy atom. The van der Waals surface area contributed by atoms with Crippen molar-refractivity contribution >= 4 is 0 Å². The van der Waals surface area contributed by atoms with Crippen molar-refractivity contribution in [1.29, 1.82) is 0 Å². The van der Waals surface area contributed by atoms with Crippen LogP contribution in [0.15, 0.2) is 12.7 Å². The fourth-order valence-electron chi connectivity index (χ4n) is 1.10. The normalized spacial score (nSPS) is 15.5. The molecule has 0 aliphatic heterocycles. The van der Waals surface area contributed by atoms with Crippen LogP contribution in [-0.2, 0) is 4.74 Å². The first-order valence-electron chi connectivity index (χ1n) is 5.56. The average molecular weight is 199 g/mol. The predicted octanol–water partition coefficient (Wildman–Crippen LogP) is 2.73. The summed E-state index contributed by atoms with van der Waals surface area (Å²) in [4.78, 5) is 0. The number of unbranched alkanes of at least 4 members (excludes halogenated alkanes) is 1. The third kappa shape index (κ3) is 7.10. The van der Waals surface area contributed by atoms with E-state index in [9.17, 15) is 0 Å². The highest BCUT2D eigenvalue weighted by Gasteiger charge is 2.09. The number of hydrogen-bond acceptors (Lipinski definition) is 2. The lowest BCUT2D eigenvalue weighted by molar-refractivity contribution is 0.0429. The van der Waals surface area contributed by atoms with E-state index in [0.29, 0.717) is 18.6 Å². The second kappa shape index (κ2) is 8.01. The molecule has 0 aromatic rings. The predicted molar refractivity (Wildman–Crippen MR) is 62.3 cm³/mol. The molecule has 1 unspecified atom stereocenters. The SMILES string of the molecule is C=CCCCC(C)OC[C@H](N)C(C)C. The van der Waals surface area contributed by atoms with Crippen molar-refractivity contribution in [3.8, 4) is 0 Å². The topological polar surface area (TPSA) is 35.2 Å². The summed E-state index contributed by atoms with van der Waals surface area (Å²) in [6.45, 7) is 10.7. The van der Waals surface area contributed by atoms with Gasteiger partial charge in [0.1, 0.15) is 0 Å². The van der Waals surface area contributed by atoms with Crippen molar-refractivity contribution in [3.05, 3.63) is 12.7 Å². The van der Waals surface area contributed by atoms with Crippen LogP contribution in [-0.4, -0.2) is 18.8 Å². The van der Waals surface area contributed by atoms with E-state index in [1.165, 1.54) is 0 Å². The second-order valence-electron chi connectivity index (χ2n) is 4.27. The third-order valence-electron chi connectivity index (χ3n) is 2.45. The molecule has 0 saturated carbocycles. The summed E-state index contributed by atoms with van der Waals surface area (Å²) in [5, 5.41) is 0. The van der Waals surface area contributed by atoms with Crippen molar-refractivity contribution in [2.75, 3.05) is 6.61 Å². The summed E-state index contributed by atoms with van der Waals surface area (Å²) in [5.41, 5.74) is 5.88. The molecule has 84 valence electrons. The highest BCUT2D eigenvalue weighted by atomic mass is 16.5. The van der Waals surface area contributed by atoms with Gasteiger partial charge in [-0.25, -0.2) is 0 Å². The van der Waals surface area contributed by atoms with Gasteiger partial charge < -0.3 is 10.5 Å². The van der Waals surface area contributed by atoms with Gasteiger partial charge in [-0.2, -0.15) is 0 Å². The van der Waals surface area contributed by atoms with Crippen molar-refractivity contribution in [1.82, 2.24) is 0 Å². The number of hydrogen-bond donors (Lipinski definition) is 1. The van der Waals surface area contributed by atoms with Crippen LogP contribution in [0.4, 0.5) is 0 Å². The smallest absolute Gasteiger partial charge is 0.0623 e. The molecule has 0 spiro atoms. The zero-order valence-electron chi connectivity index (χ0n) is 9.83. The Balaban J connectivity index is 3.43. The van der Waals surface area contributed by atoms with E-state index < -0.39 is 0 Å². The van der Waals surface area contributed by atoms with Gasteiger partial charge in [0.2, 0.25) is 0 Å². The fourth-order valence-corrected chi connectivity index (χ4v) is 1.10. The highest BCUT2D eigenvalue weighted by Crippen LogP contribution is 2.06. The molecule has 0 saturated heterocycles. The summed E-state index contributed by atoms with van der Waals surface area (Å²) in [6.07, 6.45) is 5.59. The van der Waals surface area contributed by atoms with E-state index in [4.69, 9.17) is 10.5 Å². The van der Waals surface area contributed by atoms with Gasteiger partial charge in [0.05, 0.1) is 12.7 Å². The van der Waals surface area contributed by atoms with Gasteiger partial charge in [0.15, 0.2) is 0 Å². The van der Waals surface area contributed by atoms with Crippen LogP contribution in [0, 0.1) is 5.92 Å². The van der Waals surface area contributed by atoms with E-state index in [1.54, 1.807) is 0 Å². The Kier molecular flexibility index (Phi) is 7.81. The molecule has 0 aliphatic rings. The molecule has 2 atom stereocenters. The van der Waals surface area contributed by atoms with Crippen LogP contribution in [0.5, 0.6) is 0 Å². The number of rotatable bonds is 8. The lowest BCUT2D eigenvalue weighted by Crippen LogP contribution is -2.33. The van der Waals surface area contributed by atoms with Crippen LogP contribution in [0.3, 0.4) is 0 Å². The van der Waals surface area contributed by atoms with Gasteiger partial charge in [-0.15, -0.1) is 6.58 Å². The van der Waals surface area contributed by atoms with Crippen LogP contribution in [0.1, 0.15) is 40.0 Å². The summed E-state index contributed by atoms with van der Waals surface area (Å²) in [6, 6.07) is 0.164. The maximum atomic E-state index is 5.88. The average Bonchev–Trinajstić information content (AvgIpc) is 2.14. The van der Waals surface area contributed by atoms with Gasteiger partial charge in [-0.3, -0.25) is 0 Å².